The zero-order valence-electron chi connectivity index (χ0n) is 19.0. The van der Waals surface area contributed by atoms with E-state index in [4.69, 9.17) is 19.4 Å². The molecule has 2 aromatic heterocycles. The topological polar surface area (TPSA) is 63.6 Å². The van der Waals surface area contributed by atoms with Gasteiger partial charge in [-0.25, -0.2) is 9.97 Å². The highest BCUT2D eigenvalue weighted by Crippen LogP contribution is 2.37. The minimum Gasteiger partial charge on any atom is -0.493 e. The number of ether oxygens (including phenoxy) is 2. The number of benzene rings is 1. The third-order valence-electron chi connectivity index (χ3n) is 6.62. The number of hydrogen-bond acceptors (Lipinski definition) is 7. The molecule has 7 heteroatoms. The summed E-state index contributed by atoms with van der Waals surface area (Å²) in [4.78, 5) is 19.6. The molecule has 5 rings (SSSR count). The highest BCUT2D eigenvalue weighted by atomic mass is 16.5. The van der Waals surface area contributed by atoms with Crippen LogP contribution < -0.4 is 14.4 Å². The molecule has 0 saturated carbocycles. The molecule has 4 heterocycles. The molecule has 2 saturated heterocycles. The molecule has 1 aromatic carbocycles. The Morgan fingerprint density at radius 3 is 2.47 bits per heavy atom. The summed E-state index contributed by atoms with van der Waals surface area (Å²) >= 11 is 0. The van der Waals surface area contributed by atoms with E-state index in [1.807, 2.05) is 24.4 Å². The number of fused-ring (bicyclic) bond motifs is 1. The van der Waals surface area contributed by atoms with E-state index in [0.717, 1.165) is 54.3 Å². The number of likely N-dealkylation sites (tertiary alicyclic amines) is 1. The van der Waals surface area contributed by atoms with Crippen LogP contribution in [0.1, 0.15) is 49.7 Å². The number of anilines is 1. The van der Waals surface area contributed by atoms with E-state index < -0.39 is 0 Å². The van der Waals surface area contributed by atoms with E-state index in [2.05, 4.69) is 26.9 Å². The summed E-state index contributed by atoms with van der Waals surface area (Å²) in [5.74, 6) is 3.27. The maximum atomic E-state index is 5.56. The van der Waals surface area contributed by atoms with Gasteiger partial charge >= 0.3 is 0 Å². The van der Waals surface area contributed by atoms with Crippen molar-refractivity contribution in [1.82, 2.24) is 19.9 Å². The number of nitrogens with zero attached hydrogens (tertiary/aromatic N) is 5. The van der Waals surface area contributed by atoms with Crippen LogP contribution in [0.4, 0.5) is 5.82 Å². The molecule has 1 atom stereocenters. The third-order valence-corrected chi connectivity index (χ3v) is 6.62. The minimum atomic E-state index is 0.310. The van der Waals surface area contributed by atoms with Gasteiger partial charge in [0.05, 0.1) is 38.0 Å². The fourth-order valence-electron chi connectivity index (χ4n) is 5.00. The van der Waals surface area contributed by atoms with Crippen LogP contribution in [0.3, 0.4) is 0 Å². The number of hydrogen-bond donors (Lipinski definition) is 0. The summed E-state index contributed by atoms with van der Waals surface area (Å²) in [6.45, 7) is 3.81. The third kappa shape index (κ3) is 4.09. The van der Waals surface area contributed by atoms with Crippen LogP contribution in [0.5, 0.6) is 11.5 Å². The fourth-order valence-corrected chi connectivity index (χ4v) is 5.00. The van der Waals surface area contributed by atoms with E-state index in [0.29, 0.717) is 24.1 Å². The lowest BCUT2D eigenvalue weighted by Crippen LogP contribution is -2.34. The van der Waals surface area contributed by atoms with Gasteiger partial charge < -0.3 is 14.4 Å². The molecular weight excluding hydrogens is 402 g/mol. The van der Waals surface area contributed by atoms with Crippen molar-refractivity contribution in [3.8, 4) is 11.5 Å². The average Bonchev–Trinajstić information content (AvgIpc) is 3.38. The van der Waals surface area contributed by atoms with Gasteiger partial charge in [0.2, 0.25) is 0 Å². The molecule has 0 amide bonds. The molecule has 168 valence electrons. The van der Waals surface area contributed by atoms with Crippen molar-refractivity contribution < 1.29 is 9.47 Å². The maximum Gasteiger partial charge on any atom is 0.162 e. The zero-order chi connectivity index (χ0) is 21.9. The van der Waals surface area contributed by atoms with Crippen LogP contribution >= 0.6 is 0 Å². The molecule has 0 radical (unpaired) electrons. The van der Waals surface area contributed by atoms with Crippen LogP contribution in [-0.4, -0.2) is 53.7 Å². The molecule has 0 aliphatic carbocycles. The van der Waals surface area contributed by atoms with Crippen LogP contribution in [0, 0.1) is 0 Å². The molecule has 0 spiro atoms. The predicted octanol–water partition coefficient (Wildman–Crippen LogP) is 4.37. The van der Waals surface area contributed by atoms with Crippen molar-refractivity contribution in [1.29, 1.82) is 0 Å². The first kappa shape index (κ1) is 20.9. The van der Waals surface area contributed by atoms with Gasteiger partial charge in [-0.05, 0) is 50.4 Å². The van der Waals surface area contributed by atoms with Crippen molar-refractivity contribution in [2.75, 3.05) is 38.8 Å². The van der Waals surface area contributed by atoms with Crippen molar-refractivity contribution in [2.24, 2.45) is 0 Å². The number of rotatable bonds is 6. The van der Waals surface area contributed by atoms with Gasteiger partial charge in [-0.3, -0.25) is 9.88 Å². The van der Waals surface area contributed by atoms with Gasteiger partial charge in [-0.1, -0.05) is 12.5 Å². The highest BCUT2D eigenvalue weighted by Gasteiger charge is 2.27. The monoisotopic (exact) mass is 433 g/mol. The lowest BCUT2D eigenvalue weighted by molar-refractivity contribution is 0.134. The van der Waals surface area contributed by atoms with Crippen molar-refractivity contribution >= 4 is 16.7 Å². The first-order chi connectivity index (χ1) is 15.8. The van der Waals surface area contributed by atoms with E-state index in [1.54, 1.807) is 14.2 Å². The Kier molecular flexibility index (Phi) is 6.08. The Labute approximate surface area is 189 Å². The van der Waals surface area contributed by atoms with Crippen LogP contribution in [-0.2, 0) is 6.54 Å². The molecule has 3 aromatic rings. The predicted molar refractivity (Wildman–Crippen MR) is 125 cm³/mol. The quantitative estimate of drug-likeness (QED) is 0.572. The van der Waals surface area contributed by atoms with Gasteiger partial charge in [0, 0.05) is 30.7 Å². The summed E-state index contributed by atoms with van der Waals surface area (Å²) < 4.78 is 11.1. The molecular formula is C25H31N5O2. The Bertz CT molecular complexity index is 1070. The van der Waals surface area contributed by atoms with E-state index in [9.17, 15) is 0 Å². The second-order valence-electron chi connectivity index (χ2n) is 8.62. The maximum absolute atomic E-state index is 5.56. The summed E-state index contributed by atoms with van der Waals surface area (Å²) in [5.41, 5.74) is 2.04. The fraction of sp³-hybridized carbons (Fsp3) is 0.480. The standard InChI is InChI=1S/C25H31N5O2/c1-31-22-15-18-20(16-23(22)32-2)27-24(28-25(18)29-12-7-8-13-29)17-30-14-6-4-10-21(30)19-9-3-5-11-26-19/h3,5,9,11,15-16,21H,4,6-8,10,12-14,17H2,1-2H3/t21-/m1/s1. The normalized spacial score (nSPS) is 19.4. The minimum absolute atomic E-state index is 0.310. The lowest BCUT2D eigenvalue weighted by atomic mass is 9.99. The Morgan fingerprint density at radius 1 is 0.938 bits per heavy atom. The average molecular weight is 434 g/mol. The lowest BCUT2D eigenvalue weighted by Gasteiger charge is -2.35. The van der Waals surface area contributed by atoms with Gasteiger partial charge in [-0.2, -0.15) is 0 Å². The second-order valence-corrected chi connectivity index (χ2v) is 8.62. The highest BCUT2D eigenvalue weighted by molar-refractivity contribution is 5.92. The molecule has 0 unspecified atom stereocenters. The summed E-state index contributed by atoms with van der Waals surface area (Å²) in [5, 5.41) is 1.02. The molecule has 0 bridgehead atoms. The van der Waals surface area contributed by atoms with Crippen LogP contribution in [0.15, 0.2) is 36.5 Å². The van der Waals surface area contributed by atoms with Gasteiger partial charge in [0.15, 0.2) is 11.5 Å². The zero-order valence-corrected chi connectivity index (χ0v) is 19.0. The molecule has 2 fully saturated rings. The Balaban J connectivity index is 1.54. The molecule has 7 nitrogen and oxygen atoms in total. The van der Waals surface area contributed by atoms with Gasteiger partial charge in [0.1, 0.15) is 11.6 Å². The van der Waals surface area contributed by atoms with Crippen molar-refractivity contribution in [3.05, 3.63) is 48.0 Å². The van der Waals surface area contributed by atoms with Crippen LogP contribution in [0.2, 0.25) is 0 Å². The van der Waals surface area contributed by atoms with E-state index in [1.165, 1.54) is 25.7 Å². The smallest absolute Gasteiger partial charge is 0.162 e. The number of aromatic nitrogens is 3. The number of methoxy groups -OCH3 is 2. The van der Waals surface area contributed by atoms with Crippen LogP contribution in [0.25, 0.3) is 10.9 Å². The number of piperidine rings is 1. The largest absolute Gasteiger partial charge is 0.493 e. The van der Waals surface area contributed by atoms with Crippen molar-refractivity contribution in [3.63, 3.8) is 0 Å². The summed E-state index contributed by atoms with van der Waals surface area (Å²) in [6, 6.07) is 10.5. The van der Waals surface area contributed by atoms with E-state index >= 15 is 0 Å². The molecule has 32 heavy (non-hydrogen) atoms. The first-order valence-electron chi connectivity index (χ1n) is 11.6. The molecule has 2 aliphatic heterocycles. The molecule has 2 aliphatic rings. The van der Waals surface area contributed by atoms with Crippen molar-refractivity contribution in [2.45, 2.75) is 44.7 Å². The summed E-state index contributed by atoms with van der Waals surface area (Å²) in [6.07, 6.45) is 7.83. The number of pyridine rings is 1. The first-order valence-corrected chi connectivity index (χ1v) is 11.6. The Hall–Kier alpha value is -2.93. The van der Waals surface area contributed by atoms with Gasteiger partial charge in [0.25, 0.3) is 0 Å². The molecule has 0 N–H and O–H groups in total. The van der Waals surface area contributed by atoms with Gasteiger partial charge in [-0.15, -0.1) is 0 Å². The SMILES string of the molecule is COc1cc2nc(CN3CCCC[C@@H]3c3ccccn3)nc(N3CCCC3)c2cc1OC. The Morgan fingerprint density at radius 2 is 1.72 bits per heavy atom. The van der Waals surface area contributed by atoms with E-state index in [-0.39, 0.29) is 0 Å². The second kappa shape index (κ2) is 9.28. The summed E-state index contributed by atoms with van der Waals surface area (Å²) in [7, 11) is 3.33.